The van der Waals surface area contributed by atoms with E-state index in [9.17, 15) is 0 Å². The molecule has 0 atom stereocenters. The van der Waals surface area contributed by atoms with Gasteiger partial charge in [0.2, 0.25) is 0 Å². The van der Waals surface area contributed by atoms with Gasteiger partial charge < -0.3 is 0 Å². The molecule has 0 amide bonds. The highest BCUT2D eigenvalue weighted by Gasteiger charge is 1.91. The first-order valence-electron chi connectivity index (χ1n) is 3.11. The van der Waals surface area contributed by atoms with Crippen LogP contribution in [0.15, 0.2) is 33.7 Å². The summed E-state index contributed by atoms with van der Waals surface area (Å²) in [6, 6.07) is 7.73. The maximum absolute atomic E-state index is 6.68. The Labute approximate surface area is 73.6 Å². The van der Waals surface area contributed by atoms with E-state index >= 15 is 0 Å². The second kappa shape index (κ2) is 4.03. The Bertz CT molecular complexity index is 281. The summed E-state index contributed by atoms with van der Waals surface area (Å²) in [6.07, 6.45) is 2.65. The van der Waals surface area contributed by atoms with Crippen molar-refractivity contribution in [1.82, 2.24) is 0 Å². The van der Waals surface area contributed by atoms with E-state index < -0.39 is 0 Å². The lowest BCUT2D eigenvalue weighted by Gasteiger charge is -1.93. The van der Waals surface area contributed by atoms with Crippen LogP contribution in [0.2, 0.25) is 0 Å². The van der Waals surface area contributed by atoms with Crippen LogP contribution in [0.25, 0.3) is 0 Å². The van der Waals surface area contributed by atoms with Gasteiger partial charge >= 0.3 is 0 Å². The molecule has 0 bridgehead atoms. The second-order valence-electron chi connectivity index (χ2n) is 1.93. The SMILES string of the molecule is N=CN=Cc1ccccc1Br. The van der Waals surface area contributed by atoms with Crippen LogP contribution in [0, 0.1) is 5.41 Å². The highest BCUT2D eigenvalue weighted by Crippen LogP contribution is 2.13. The Kier molecular flexibility index (Phi) is 2.98. The number of benzene rings is 1. The van der Waals surface area contributed by atoms with Crippen LogP contribution in [-0.2, 0) is 0 Å². The highest BCUT2D eigenvalue weighted by atomic mass is 79.9. The largest absolute Gasteiger partial charge is 0.290 e. The Balaban J connectivity index is 2.94. The molecule has 0 aromatic heterocycles. The zero-order chi connectivity index (χ0) is 8.10. The van der Waals surface area contributed by atoms with Crippen molar-refractivity contribution in [1.29, 1.82) is 5.41 Å². The molecule has 1 N–H and O–H groups in total. The number of halogens is 1. The summed E-state index contributed by atoms with van der Waals surface area (Å²) in [4.78, 5) is 3.69. The molecule has 0 saturated carbocycles. The Morgan fingerprint density at radius 3 is 2.73 bits per heavy atom. The topological polar surface area (TPSA) is 36.2 Å². The molecule has 1 aromatic carbocycles. The Hall–Kier alpha value is -0.960. The van der Waals surface area contributed by atoms with Gasteiger partial charge in [-0.15, -0.1) is 0 Å². The number of hydrogen-bond acceptors (Lipinski definition) is 1. The molecule has 1 rings (SSSR count). The van der Waals surface area contributed by atoms with E-state index in [0.717, 1.165) is 16.4 Å². The molecule has 1 aromatic rings. The van der Waals surface area contributed by atoms with Crippen LogP contribution >= 0.6 is 15.9 Å². The fraction of sp³-hybridized carbons (Fsp3) is 0. The monoisotopic (exact) mass is 210 g/mol. The molecule has 0 aliphatic heterocycles. The van der Waals surface area contributed by atoms with E-state index in [0.29, 0.717) is 0 Å². The van der Waals surface area contributed by atoms with Crippen LogP contribution in [0.4, 0.5) is 0 Å². The maximum Gasteiger partial charge on any atom is 0.106 e. The third kappa shape index (κ3) is 2.27. The lowest BCUT2D eigenvalue weighted by molar-refractivity contribution is 1.51. The van der Waals surface area contributed by atoms with Gasteiger partial charge in [0.1, 0.15) is 6.34 Å². The van der Waals surface area contributed by atoms with E-state index in [1.807, 2.05) is 24.3 Å². The summed E-state index contributed by atoms with van der Waals surface area (Å²) < 4.78 is 0.991. The van der Waals surface area contributed by atoms with Gasteiger partial charge in [0.25, 0.3) is 0 Å². The molecule has 0 radical (unpaired) electrons. The summed E-state index contributed by atoms with van der Waals surface area (Å²) in [7, 11) is 0. The predicted molar refractivity (Wildman–Crippen MR) is 50.5 cm³/mol. The van der Waals surface area contributed by atoms with Crippen molar-refractivity contribution in [3.63, 3.8) is 0 Å². The van der Waals surface area contributed by atoms with Gasteiger partial charge in [0, 0.05) is 16.3 Å². The normalized spacial score (nSPS) is 10.3. The lowest BCUT2D eigenvalue weighted by Crippen LogP contribution is -1.81. The van der Waals surface area contributed by atoms with Crippen LogP contribution < -0.4 is 0 Å². The summed E-state index contributed by atoms with van der Waals surface area (Å²) in [5.74, 6) is 0. The fourth-order valence-corrected chi connectivity index (χ4v) is 1.08. The average Bonchev–Trinajstić information content (AvgIpc) is 2.03. The van der Waals surface area contributed by atoms with Gasteiger partial charge in [0.15, 0.2) is 0 Å². The minimum absolute atomic E-state index is 0.982. The van der Waals surface area contributed by atoms with Gasteiger partial charge in [-0.3, -0.25) is 5.41 Å². The average molecular weight is 211 g/mol. The summed E-state index contributed by atoms with van der Waals surface area (Å²) in [5, 5.41) is 6.68. The first kappa shape index (κ1) is 8.14. The fourth-order valence-electron chi connectivity index (χ4n) is 0.697. The number of nitrogens with zero attached hydrogens (tertiary/aromatic N) is 1. The summed E-state index contributed by atoms with van der Waals surface area (Å²) >= 11 is 3.36. The van der Waals surface area contributed by atoms with Crippen molar-refractivity contribution in [2.45, 2.75) is 0 Å². The van der Waals surface area contributed by atoms with Gasteiger partial charge in [-0.2, -0.15) is 0 Å². The van der Waals surface area contributed by atoms with Crippen LogP contribution in [0.1, 0.15) is 5.56 Å². The van der Waals surface area contributed by atoms with Crippen molar-refractivity contribution in [3.05, 3.63) is 34.3 Å². The number of aliphatic imine (C=N–C) groups is 1. The number of nitrogens with one attached hydrogen (secondary N) is 1. The van der Waals surface area contributed by atoms with E-state index in [1.54, 1.807) is 6.21 Å². The molecule has 56 valence electrons. The highest BCUT2D eigenvalue weighted by molar-refractivity contribution is 9.10. The van der Waals surface area contributed by atoms with Crippen molar-refractivity contribution < 1.29 is 0 Å². The van der Waals surface area contributed by atoms with Crippen molar-refractivity contribution in [3.8, 4) is 0 Å². The molecule has 2 nitrogen and oxygen atoms in total. The molecule has 0 unspecified atom stereocenters. The standard InChI is InChI=1S/C8H7BrN2/c9-8-4-2-1-3-7(8)5-11-6-10/h1-6,10H. The molecule has 0 aliphatic carbocycles. The van der Waals surface area contributed by atoms with E-state index in [-0.39, 0.29) is 0 Å². The Morgan fingerprint density at radius 2 is 2.09 bits per heavy atom. The van der Waals surface area contributed by atoms with Gasteiger partial charge in [-0.1, -0.05) is 34.1 Å². The zero-order valence-electron chi connectivity index (χ0n) is 5.79. The molecule has 0 spiro atoms. The first-order chi connectivity index (χ1) is 5.34. The second-order valence-corrected chi connectivity index (χ2v) is 2.78. The van der Waals surface area contributed by atoms with Crippen molar-refractivity contribution in [2.75, 3.05) is 0 Å². The third-order valence-electron chi connectivity index (χ3n) is 1.19. The quantitative estimate of drug-likeness (QED) is 0.576. The van der Waals surface area contributed by atoms with Crippen LogP contribution in [-0.4, -0.2) is 12.6 Å². The van der Waals surface area contributed by atoms with E-state index in [4.69, 9.17) is 5.41 Å². The molecular weight excluding hydrogens is 204 g/mol. The van der Waals surface area contributed by atoms with Gasteiger partial charge in [-0.25, -0.2) is 4.99 Å². The molecule has 11 heavy (non-hydrogen) atoms. The minimum Gasteiger partial charge on any atom is -0.290 e. The molecular formula is C8H7BrN2. The number of rotatable bonds is 2. The molecule has 0 aliphatic rings. The maximum atomic E-state index is 6.68. The molecule has 0 fully saturated rings. The molecule has 0 saturated heterocycles. The lowest BCUT2D eigenvalue weighted by atomic mass is 10.2. The van der Waals surface area contributed by atoms with Crippen molar-refractivity contribution in [2.24, 2.45) is 4.99 Å². The van der Waals surface area contributed by atoms with Crippen LogP contribution in [0.3, 0.4) is 0 Å². The minimum atomic E-state index is 0.982. The van der Waals surface area contributed by atoms with E-state index in [2.05, 4.69) is 20.9 Å². The third-order valence-corrected chi connectivity index (χ3v) is 1.92. The summed E-state index contributed by atoms with van der Waals surface area (Å²) in [5.41, 5.74) is 0.982. The molecule has 3 heteroatoms. The summed E-state index contributed by atoms with van der Waals surface area (Å²) in [6.45, 7) is 0. The van der Waals surface area contributed by atoms with Crippen LogP contribution in [0.5, 0.6) is 0 Å². The predicted octanol–water partition coefficient (Wildman–Crippen LogP) is 2.48. The first-order valence-corrected chi connectivity index (χ1v) is 3.90. The smallest absolute Gasteiger partial charge is 0.106 e. The zero-order valence-corrected chi connectivity index (χ0v) is 7.38. The number of hydrogen-bond donors (Lipinski definition) is 1. The molecule has 0 heterocycles. The van der Waals surface area contributed by atoms with Gasteiger partial charge in [0.05, 0.1) is 0 Å². The van der Waals surface area contributed by atoms with E-state index in [1.165, 1.54) is 0 Å². The Morgan fingerprint density at radius 1 is 1.36 bits per heavy atom. The van der Waals surface area contributed by atoms with Gasteiger partial charge in [-0.05, 0) is 6.07 Å². The van der Waals surface area contributed by atoms with Crippen molar-refractivity contribution >= 4 is 28.5 Å².